The van der Waals surface area contributed by atoms with Crippen molar-refractivity contribution in [1.29, 1.82) is 0 Å². The lowest BCUT2D eigenvalue weighted by atomic mass is 9.87. The lowest BCUT2D eigenvalue weighted by Crippen LogP contribution is -2.48. The molecule has 0 bridgehead atoms. The van der Waals surface area contributed by atoms with Gasteiger partial charge >= 0.3 is 0 Å². The number of hydrogen-bond acceptors (Lipinski definition) is 4. The molecule has 0 fully saturated rings. The molecule has 1 atom stereocenters. The van der Waals surface area contributed by atoms with Crippen molar-refractivity contribution < 1.29 is 17.9 Å². The number of nitrogens with zero attached hydrogens (tertiary/aromatic N) is 1. The Morgan fingerprint density at radius 2 is 1.71 bits per heavy atom. The number of anilines is 1. The zero-order valence-corrected chi connectivity index (χ0v) is 20.6. The Labute approximate surface area is 194 Å². The number of carbonyl (C=O) groups is 1. The minimum Gasteiger partial charge on any atom is -0.492 e. The lowest BCUT2D eigenvalue weighted by molar-refractivity contribution is -0.121. The van der Waals surface area contributed by atoms with E-state index in [0.29, 0.717) is 10.8 Å². The highest BCUT2D eigenvalue weighted by molar-refractivity contribution is 7.92. The van der Waals surface area contributed by atoms with Crippen LogP contribution in [0.3, 0.4) is 0 Å². The van der Waals surface area contributed by atoms with E-state index in [9.17, 15) is 13.2 Å². The van der Waals surface area contributed by atoms with E-state index < -0.39 is 22.0 Å². The first-order valence-corrected chi connectivity index (χ1v) is 12.4. The Balaban J connectivity index is 1.97. The van der Waals surface area contributed by atoms with Gasteiger partial charge in [0, 0.05) is 0 Å². The average Bonchev–Trinajstić information content (AvgIpc) is 2.66. The van der Waals surface area contributed by atoms with Crippen molar-refractivity contribution in [3.8, 4) is 5.75 Å². The van der Waals surface area contributed by atoms with Gasteiger partial charge in [0.1, 0.15) is 18.4 Å². The highest BCUT2D eigenvalue weighted by Crippen LogP contribution is 2.29. The van der Waals surface area contributed by atoms with Crippen molar-refractivity contribution >= 4 is 44.8 Å². The van der Waals surface area contributed by atoms with Crippen LogP contribution in [0.25, 0.3) is 0 Å². The van der Waals surface area contributed by atoms with Crippen molar-refractivity contribution in [1.82, 2.24) is 5.32 Å². The van der Waals surface area contributed by atoms with Crippen molar-refractivity contribution in [2.45, 2.75) is 39.2 Å². The zero-order valence-electron chi connectivity index (χ0n) is 18.3. The minimum atomic E-state index is -3.74. The largest absolute Gasteiger partial charge is 0.492 e. The summed E-state index contributed by atoms with van der Waals surface area (Å²) in [6.07, 6.45) is 1.03. The Kier molecular flexibility index (Phi) is 8.25. The fraction of sp³-hybridized carbons (Fsp3) is 0.409. The van der Waals surface area contributed by atoms with E-state index in [4.69, 9.17) is 27.9 Å². The fourth-order valence-electron chi connectivity index (χ4n) is 2.97. The van der Waals surface area contributed by atoms with E-state index >= 15 is 0 Å². The molecule has 0 aromatic heterocycles. The summed E-state index contributed by atoms with van der Waals surface area (Å²) in [5.74, 6) is 0.243. The number of carbonyl (C=O) groups excluding carboxylic acids is 1. The third kappa shape index (κ3) is 7.02. The number of sulfonamides is 1. The third-order valence-electron chi connectivity index (χ3n) is 4.64. The molecular weight excluding hydrogens is 459 g/mol. The van der Waals surface area contributed by atoms with Gasteiger partial charge < -0.3 is 10.1 Å². The quantitative estimate of drug-likeness (QED) is 0.551. The van der Waals surface area contributed by atoms with Gasteiger partial charge in [0.2, 0.25) is 15.9 Å². The average molecular weight is 487 g/mol. The third-order valence-corrected chi connectivity index (χ3v) is 6.62. The molecule has 1 N–H and O–H groups in total. The van der Waals surface area contributed by atoms with E-state index in [1.165, 1.54) is 30.7 Å². The van der Waals surface area contributed by atoms with Gasteiger partial charge in [0.05, 0.1) is 28.5 Å². The monoisotopic (exact) mass is 486 g/mol. The van der Waals surface area contributed by atoms with Crippen LogP contribution in [0.1, 0.15) is 33.3 Å². The van der Waals surface area contributed by atoms with Gasteiger partial charge in [0.25, 0.3) is 0 Å². The number of amides is 1. The van der Waals surface area contributed by atoms with Crippen LogP contribution in [0.2, 0.25) is 10.0 Å². The number of hydrogen-bond donors (Lipinski definition) is 1. The summed E-state index contributed by atoms with van der Waals surface area (Å²) in [6.45, 7) is 8.39. The molecule has 6 nitrogen and oxygen atoms in total. The molecule has 0 aliphatic carbocycles. The second-order valence-corrected chi connectivity index (χ2v) is 10.9. The molecule has 9 heteroatoms. The van der Waals surface area contributed by atoms with Crippen LogP contribution in [0.4, 0.5) is 5.69 Å². The fourth-order valence-corrected chi connectivity index (χ4v) is 4.43. The maximum absolute atomic E-state index is 12.6. The number of benzene rings is 2. The van der Waals surface area contributed by atoms with Gasteiger partial charge in [0.15, 0.2) is 0 Å². The van der Waals surface area contributed by atoms with Crippen molar-refractivity contribution in [3.63, 3.8) is 0 Å². The summed E-state index contributed by atoms with van der Waals surface area (Å²) in [4.78, 5) is 12.6. The Hall–Kier alpha value is -1.96. The number of halogens is 2. The zero-order chi connectivity index (χ0) is 23.4. The van der Waals surface area contributed by atoms with Crippen LogP contribution < -0.4 is 14.4 Å². The lowest BCUT2D eigenvalue weighted by Gasteiger charge is -2.28. The van der Waals surface area contributed by atoms with E-state index in [2.05, 4.69) is 26.1 Å². The van der Waals surface area contributed by atoms with Gasteiger partial charge in [-0.2, -0.15) is 0 Å². The molecule has 0 heterocycles. The molecule has 1 unspecified atom stereocenters. The summed E-state index contributed by atoms with van der Waals surface area (Å²) in [7, 11) is -3.74. The molecule has 2 rings (SSSR count). The standard InChI is InChI=1S/C22H28Cl2N2O4S/c1-15(26(31(5,28)29)17-8-11-19(23)20(24)14-17)21(27)25-12-13-30-18-9-6-16(7-10-18)22(2,3)4/h6-11,14-15H,12-13H2,1-5H3,(H,25,27). The first-order valence-electron chi connectivity index (χ1n) is 9.76. The van der Waals surface area contributed by atoms with Gasteiger partial charge in [-0.05, 0) is 48.2 Å². The number of ether oxygens (including phenoxy) is 1. The molecule has 170 valence electrons. The van der Waals surface area contributed by atoms with Crippen LogP contribution in [0, 0.1) is 0 Å². The molecule has 2 aromatic carbocycles. The molecule has 0 saturated heterocycles. The number of rotatable bonds is 8. The molecule has 0 aliphatic heterocycles. The minimum absolute atomic E-state index is 0.0580. The normalized spacial score (nSPS) is 12.9. The topological polar surface area (TPSA) is 75.7 Å². The first-order chi connectivity index (χ1) is 14.3. The molecule has 2 aromatic rings. The predicted molar refractivity (Wildman–Crippen MR) is 127 cm³/mol. The molecule has 0 spiro atoms. The molecule has 0 saturated carbocycles. The van der Waals surface area contributed by atoms with Gasteiger partial charge in [-0.1, -0.05) is 56.1 Å². The van der Waals surface area contributed by atoms with E-state index in [0.717, 1.165) is 10.6 Å². The summed E-state index contributed by atoms with van der Waals surface area (Å²) in [5.41, 5.74) is 1.52. The van der Waals surface area contributed by atoms with Crippen LogP contribution >= 0.6 is 23.2 Å². The van der Waals surface area contributed by atoms with Gasteiger partial charge in [-0.15, -0.1) is 0 Å². The van der Waals surface area contributed by atoms with E-state index in [1.807, 2.05) is 24.3 Å². The second-order valence-electron chi connectivity index (χ2n) is 8.25. The molecule has 31 heavy (non-hydrogen) atoms. The van der Waals surface area contributed by atoms with Crippen molar-refractivity contribution in [2.24, 2.45) is 0 Å². The van der Waals surface area contributed by atoms with Crippen molar-refractivity contribution in [3.05, 3.63) is 58.1 Å². The maximum atomic E-state index is 12.6. The highest BCUT2D eigenvalue weighted by Gasteiger charge is 2.29. The highest BCUT2D eigenvalue weighted by atomic mass is 35.5. The smallest absolute Gasteiger partial charge is 0.243 e. The summed E-state index contributed by atoms with van der Waals surface area (Å²) in [6, 6.07) is 11.2. The summed E-state index contributed by atoms with van der Waals surface area (Å²) >= 11 is 11.9. The summed E-state index contributed by atoms with van der Waals surface area (Å²) < 4.78 is 31.3. The molecule has 0 radical (unpaired) electrons. The molecular formula is C22H28Cl2N2O4S. The van der Waals surface area contributed by atoms with Gasteiger partial charge in [-0.25, -0.2) is 8.42 Å². The van der Waals surface area contributed by atoms with Crippen molar-refractivity contribution in [2.75, 3.05) is 23.7 Å². The number of nitrogens with one attached hydrogen (secondary N) is 1. The summed E-state index contributed by atoms with van der Waals surface area (Å²) in [5, 5.41) is 3.20. The van der Waals surface area contributed by atoms with E-state index in [-0.39, 0.29) is 29.3 Å². The Morgan fingerprint density at radius 1 is 1.10 bits per heavy atom. The first kappa shape index (κ1) is 25.3. The van der Waals surface area contributed by atoms with Gasteiger partial charge in [-0.3, -0.25) is 9.10 Å². The molecule has 0 aliphatic rings. The van der Waals surface area contributed by atoms with Crippen LogP contribution in [-0.2, 0) is 20.2 Å². The Bertz CT molecular complexity index is 1020. The second kappa shape index (κ2) is 10.1. The predicted octanol–water partition coefficient (Wildman–Crippen LogP) is 4.64. The Morgan fingerprint density at radius 3 is 2.23 bits per heavy atom. The van der Waals surface area contributed by atoms with Crippen LogP contribution in [0.15, 0.2) is 42.5 Å². The molecule has 1 amide bonds. The van der Waals surface area contributed by atoms with Crippen LogP contribution in [0.5, 0.6) is 5.75 Å². The van der Waals surface area contributed by atoms with Crippen LogP contribution in [-0.4, -0.2) is 39.8 Å². The van der Waals surface area contributed by atoms with E-state index in [1.54, 1.807) is 0 Å². The SMILES string of the molecule is CC(C(=O)NCCOc1ccc(C(C)(C)C)cc1)N(c1ccc(Cl)c(Cl)c1)S(C)(=O)=O. The maximum Gasteiger partial charge on any atom is 0.243 e.